The normalized spacial score (nSPS) is 10.2. The van der Waals surface area contributed by atoms with E-state index in [1.165, 1.54) is 18.0 Å². The fraction of sp³-hybridized carbons (Fsp3) is 0.267. The van der Waals surface area contributed by atoms with Gasteiger partial charge in [-0.2, -0.15) is 4.73 Å². The maximum absolute atomic E-state index is 11.9. The van der Waals surface area contributed by atoms with Gasteiger partial charge < -0.3 is 9.57 Å². The van der Waals surface area contributed by atoms with Crippen molar-refractivity contribution in [2.45, 2.75) is 20.0 Å². The van der Waals surface area contributed by atoms with Gasteiger partial charge in [0.2, 0.25) is 11.6 Å². The minimum Gasteiger partial charge on any atom is -0.456 e. The van der Waals surface area contributed by atoms with E-state index in [1.807, 2.05) is 30.3 Å². The van der Waals surface area contributed by atoms with Gasteiger partial charge in [-0.1, -0.05) is 37.3 Å². The van der Waals surface area contributed by atoms with E-state index in [4.69, 9.17) is 9.57 Å². The highest BCUT2D eigenvalue weighted by Gasteiger charge is 2.20. The minimum atomic E-state index is -0.597. The Kier molecular flexibility index (Phi) is 4.71. The molecule has 0 bridgehead atoms. The molecule has 2 aromatic rings. The van der Waals surface area contributed by atoms with Crippen molar-refractivity contribution >= 4 is 11.8 Å². The van der Waals surface area contributed by atoms with Crippen molar-refractivity contribution in [1.82, 2.24) is 9.71 Å². The maximum Gasteiger partial charge on any atom is 0.359 e. The van der Waals surface area contributed by atoms with Crippen LogP contribution in [0.5, 0.6) is 0 Å². The summed E-state index contributed by atoms with van der Waals surface area (Å²) in [5.41, 5.74) is 0.923. The van der Waals surface area contributed by atoms with Gasteiger partial charge in [0, 0.05) is 6.42 Å². The Morgan fingerprint density at radius 3 is 2.57 bits per heavy atom. The number of nitrogens with zero attached hydrogens (tertiary/aromatic N) is 2. The van der Waals surface area contributed by atoms with Crippen LogP contribution >= 0.6 is 0 Å². The lowest BCUT2D eigenvalue weighted by molar-refractivity contribution is 0.0465. The second kappa shape index (κ2) is 6.69. The number of esters is 1. The molecule has 0 N–H and O–H groups in total. The first kappa shape index (κ1) is 14.8. The van der Waals surface area contributed by atoms with Gasteiger partial charge >= 0.3 is 5.97 Å². The van der Waals surface area contributed by atoms with E-state index in [0.29, 0.717) is 0 Å². The van der Waals surface area contributed by atoms with E-state index >= 15 is 0 Å². The van der Waals surface area contributed by atoms with Gasteiger partial charge in [0.25, 0.3) is 0 Å². The lowest BCUT2D eigenvalue weighted by Crippen LogP contribution is -2.13. The van der Waals surface area contributed by atoms with Gasteiger partial charge in [-0.15, -0.1) is 0 Å². The SMILES string of the molecule is CCC(=O)c1nc(C(=O)OCc2ccccc2)cn1OC. The first-order chi connectivity index (χ1) is 10.2. The molecule has 0 amide bonds. The molecule has 1 heterocycles. The molecule has 0 radical (unpaired) electrons. The van der Waals surface area contributed by atoms with Gasteiger partial charge in [0.15, 0.2) is 5.69 Å². The molecule has 110 valence electrons. The second-order valence-corrected chi connectivity index (χ2v) is 4.30. The summed E-state index contributed by atoms with van der Waals surface area (Å²) in [6.07, 6.45) is 1.62. The number of carbonyl (C=O) groups is 2. The van der Waals surface area contributed by atoms with Gasteiger partial charge in [0.1, 0.15) is 13.7 Å². The predicted molar refractivity (Wildman–Crippen MR) is 74.9 cm³/mol. The van der Waals surface area contributed by atoms with Crippen LogP contribution in [-0.2, 0) is 11.3 Å². The van der Waals surface area contributed by atoms with Crippen LogP contribution in [0.15, 0.2) is 36.5 Å². The largest absolute Gasteiger partial charge is 0.456 e. The van der Waals surface area contributed by atoms with Crippen molar-refractivity contribution in [2.75, 3.05) is 7.11 Å². The second-order valence-electron chi connectivity index (χ2n) is 4.30. The molecule has 0 unspecified atom stereocenters. The van der Waals surface area contributed by atoms with Gasteiger partial charge in [-0.05, 0) is 5.56 Å². The number of hydrogen-bond acceptors (Lipinski definition) is 5. The number of rotatable bonds is 6. The average Bonchev–Trinajstić information content (AvgIpc) is 2.97. The molecule has 1 aromatic heterocycles. The molecule has 1 aromatic carbocycles. The zero-order valence-electron chi connectivity index (χ0n) is 11.9. The van der Waals surface area contributed by atoms with E-state index in [0.717, 1.165) is 5.56 Å². The third-order valence-corrected chi connectivity index (χ3v) is 2.86. The molecule has 6 nitrogen and oxygen atoms in total. The van der Waals surface area contributed by atoms with Crippen LogP contribution in [0.1, 0.15) is 40.0 Å². The zero-order chi connectivity index (χ0) is 15.2. The van der Waals surface area contributed by atoms with Crippen LogP contribution in [0.3, 0.4) is 0 Å². The van der Waals surface area contributed by atoms with E-state index < -0.39 is 5.97 Å². The molecule has 0 spiro atoms. The predicted octanol–water partition coefficient (Wildman–Crippen LogP) is 1.89. The number of ether oxygens (including phenoxy) is 1. The van der Waals surface area contributed by atoms with E-state index in [2.05, 4.69) is 4.98 Å². The van der Waals surface area contributed by atoms with Crippen LogP contribution in [-0.4, -0.2) is 28.6 Å². The maximum atomic E-state index is 11.9. The molecule has 0 saturated carbocycles. The average molecular weight is 288 g/mol. The summed E-state index contributed by atoms with van der Waals surface area (Å²) in [5.74, 6) is -0.717. The fourth-order valence-electron chi connectivity index (χ4n) is 1.74. The molecule has 6 heteroatoms. The smallest absolute Gasteiger partial charge is 0.359 e. The summed E-state index contributed by atoms with van der Waals surface area (Å²) in [4.78, 5) is 32.6. The summed E-state index contributed by atoms with van der Waals surface area (Å²) in [6, 6.07) is 9.32. The standard InChI is InChI=1S/C15H16N2O4/c1-3-13(18)14-16-12(9-17(14)20-2)15(19)21-10-11-7-5-4-6-8-11/h4-9H,3,10H2,1-2H3. The van der Waals surface area contributed by atoms with Crippen molar-refractivity contribution in [3.63, 3.8) is 0 Å². The number of carbonyl (C=O) groups excluding carboxylic acids is 2. The first-order valence-electron chi connectivity index (χ1n) is 6.53. The van der Waals surface area contributed by atoms with Crippen LogP contribution in [0.25, 0.3) is 0 Å². The third kappa shape index (κ3) is 3.47. The minimum absolute atomic E-state index is 0.0459. The Labute approximate surface area is 122 Å². The molecule has 0 fully saturated rings. The number of benzene rings is 1. The zero-order valence-corrected chi connectivity index (χ0v) is 11.9. The van der Waals surface area contributed by atoms with Gasteiger partial charge in [0.05, 0.1) is 6.20 Å². The third-order valence-electron chi connectivity index (χ3n) is 2.86. The number of imidazole rings is 1. The monoisotopic (exact) mass is 288 g/mol. The van der Waals surface area contributed by atoms with E-state index in [1.54, 1.807) is 6.92 Å². The Bertz CT molecular complexity index is 634. The highest BCUT2D eigenvalue weighted by molar-refractivity contribution is 5.95. The van der Waals surface area contributed by atoms with Crippen molar-refractivity contribution in [1.29, 1.82) is 0 Å². The molecular weight excluding hydrogens is 272 g/mol. The summed E-state index contributed by atoms with van der Waals surface area (Å²) in [5, 5.41) is 0. The summed E-state index contributed by atoms with van der Waals surface area (Å²) in [6.45, 7) is 1.86. The number of Topliss-reactive ketones (excluding diaryl/α,β-unsaturated/α-hetero) is 1. The molecule has 2 rings (SSSR count). The van der Waals surface area contributed by atoms with Crippen LogP contribution < -0.4 is 4.84 Å². The topological polar surface area (TPSA) is 70.4 Å². The van der Waals surface area contributed by atoms with Crippen LogP contribution in [0, 0.1) is 0 Å². The summed E-state index contributed by atoms with van der Waals surface area (Å²) >= 11 is 0. The molecule has 21 heavy (non-hydrogen) atoms. The van der Waals surface area contributed by atoms with Crippen LogP contribution in [0.4, 0.5) is 0 Å². The van der Waals surface area contributed by atoms with Crippen molar-refractivity contribution in [2.24, 2.45) is 0 Å². The Hall–Kier alpha value is -2.63. The Balaban J connectivity index is 2.09. The lowest BCUT2D eigenvalue weighted by atomic mass is 10.2. The summed E-state index contributed by atoms with van der Waals surface area (Å²) < 4.78 is 6.33. The highest BCUT2D eigenvalue weighted by Crippen LogP contribution is 2.08. The Morgan fingerprint density at radius 2 is 1.95 bits per heavy atom. The van der Waals surface area contributed by atoms with E-state index in [9.17, 15) is 9.59 Å². The summed E-state index contributed by atoms with van der Waals surface area (Å²) in [7, 11) is 1.40. The lowest BCUT2D eigenvalue weighted by Gasteiger charge is -2.02. The highest BCUT2D eigenvalue weighted by atomic mass is 16.6. The molecule has 0 atom stereocenters. The Morgan fingerprint density at radius 1 is 1.24 bits per heavy atom. The van der Waals surface area contributed by atoms with Crippen molar-refractivity contribution in [3.8, 4) is 0 Å². The fourth-order valence-corrected chi connectivity index (χ4v) is 1.74. The number of hydrogen-bond donors (Lipinski definition) is 0. The van der Waals surface area contributed by atoms with Crippen molar-refractivity contribution < 1.29 is 19.2 Å². The molecule has 0 aliphatic heterocycles. The molecular formula is C15H16N2O4. The van der Waals surface area contributed by atoms with Gasteiger partial charge in [-0.3, -0.25) is 4.79 Å². The first-order valence-corrected chi connectivity index (χ1v) is 6.53. The number of ketones is 1. The molecule has 0 saturated heterocycles. The molecule has 0 aliphatic carbocycles. The van der Waals surface area contributed by atoms with Crippen LogP contribution in [0.2, 0.25) is 0 Å². The number of aromatic nitrogens is 2. The van der Waals surface area contributed by atoms with Crippen molar-refractivity contribution in [3.05, 3.63) is 53.6 Å². The quantitative estimate of drug-likeness (QED) is 0.599. The molecule has 0 aliphatic rings. The van der Waals surface area contributed by atoms with E-state index in [-0.39, 0.29) is 30.3 Å². The van der Waals surface area contributed by atoms with Gasteiger partial charge in [-0.25, -0.2) is 9.78 Å².